The maximum atomic E-state index is 11.2. The van der Waals surface area contributed by atoms with Gasteiger partial charge in [-0.15, -0.1) is 0 Å². The molecule has 1 unspecified atom stereocenters. The Kier molecular flexibility index (Phi) is 6.64. The van der Waals surface area contributed by atoms with Crippen LogP contribution in [-0.4, -0.2) is 44.2 Å². The number of carbonyl (C=O) groups excluding carboxylic acids is 2. The first-order chi connectivity index (χ1) is 6.97. The number of amides is 2. The summed E-state index contributed by atoms with van der Waals surface area (Å²) < 4.78 is 4.71. The molecule has 6 heteroatoms. The molecule has 0 aliphatic rings. The molecule has 0 saturated heterocycles. The van der Waals surface area contributed by atoms with Crippen LogP contribution in [0.3, 0.4) is 0 Å². The number of methoxy groups -OCH3 is 1. The highest BCUT2D eigenvalue weighted by molar-refractivity contribution is 5.87. The third kappa shape index (κ3) is 6.87. The van der Waals surface area contributed by atoms with Gasteiger partial charge in [0.05, 0.1) is 13.2 Å². The van der Waals surface area contributed by atoms with E-state index >= 15 is 0 Å². The summed E-state index contributed by atoms with van der Waals surface area (Å²) in [6.45, 7) is 3.76. The van der Waals surface area contributed by atoms with Gasteiger partial charge in [0.25, 0.3) is 0 Å². The summed E-state index contributed by atoms with van der Waals surface area (Å²) in [5.74, 6) is -0.626. The van der Waals surface area contributed by atoms with Gasteiger partial charge in [0.15, 0.2) is 0 Å². The van der Waals surface area contributed by atoms with Crippen LogP contribution in [0, 0.1) is 0 Å². The van der Waals surface area contributed by atoms with Gasteiger partial charge in [-0.1, -0.05) is 0 Å². The maximum Gasteiger partial charge on any atom is 0.239 e. The van der Waals surface area contributed by atoms with Crippen LogP contribution < -0.4 is 16.4 Å². The van der Waals surface area contributed by atoms with Gasteiger partial charge >= 0.3 is 0 Å². The zero-order valence-electron chi connectivity index (χ0n) is 9.37. The van der Waals surface area contributed by atoms with E-state index in [2.05, 4.69) is 10.6 Å². The minimum absolute atomic E-state index is 0.0575. The molecule has 0 aromatic heterocycles. The lowest BCUT2D eigenvalue weighted by Crippen LogP contribution is -2.47. The smallest absolute Gasteiger partial charge is 0.239 e. The molecule has 0 saturated carbocycles. The molecule has 0 fully saturated rings. The summed E-state index contributed by atoms with van der Waals surface area (Å²) in [4.78, 5) is 22.4. The van der Waals surface area contributed by atoms with E-state index in [1.54, 1.807) is 0 Å². The summed E-state index contributed by atoms with van der Waals surface area (Å²) in [5.41, 5.74) is 5.45. The van der Waals surface area contributed by atoms with Crippen molar-refractivity contribution < 1.29 is 14.3 Å². The van der Waals surface area contributed by atoms with Crippen LogP contribution >= 0.6 is 0 Å². The second-order valence-electron chi connectivity index (χ2n) is 3.50. The van der Waals surface area contributed by atoms with Crippen LogP contribution in [0.25, 0.3) is 0 Å². The highest BCUT2D eigenvalue weighted by atomic mass is 16.5. The Morgan fingerprint density at radius 1 is 1.40 bits per heavy atom. The van der Waals surface area contributed by atoms with Crippen molar-refractivity contribution in [3.8, 4) is 0 Å². The standard InChI is InChI=1S/C9H19N3O3/c1-6(2)12-8(13)4-11-9(14)7(10)5-15-3/h6-7H,4-5,10H2,1-3H3,(H,11,14)(H,12,13). The van der Waals surface area contributed by atoms with Gasteiger partial charge in [-0.25, -0.2) is 0 Å². The quantitative estimate of drug-likeness (QED) is 0.510. The van der Waals surface area contributed by atoms with Crippen LogP contribution in [0.1, 0.15) is 13.8 Å². The van der Waals surface area contributed by atoms with E-state index in [0.29, 0.717) is 0 Å². The average Bonchev–Trinajstić information content (AvgIpc) is 2.13. The SMILES string of the molecule is COCC(N)C(=O)NCC(=O)NC(C)C. The minimum Gasteiger partial charge on any atom is -0.383 e. The molecular weight excluding hydrogens is 198 g/mol. The third-order valence-corrected chi connectivity index (χ3v) is 1.56. The van der Waals surface area contributed by atoms with Crippen LogP contribution in [0.5, 0.6) is 0 Å². The van der Waals surface area contributed by atoms with Crippen molar-refractivity contribution in [1.29, 1.82) is 0 Å². The van der Waals surface area contributed by atoms with Crippen LogP contribution in [0.15, 0.2) is 0 Å². The van der Waals surface area contributed by atoms with Gasteiger partial charge < -0.3 is 21.1 Å². The molecule has 1 atom stereocenters. The van der Waals surface area contributed by atoms with E-state index in [1.807, 2.05) is 13.8 Å². The average molecular weight is 217 g/mol. The first-order valence-corrected chi connectivity index (χ1v) is 4.79. The summed E-state index contributed by atoms with van der Waals surface area (Å²) in [5, 5.41) is 5.06. The second kappa shape index (κ2) is 7.19. The lowest BCUT2D eigenvalue weighted by molar-refractivity contribution is -0.127. The van der Waals surface area contributed by atoms with Gasteiger partial charge in [0.1, 0.15) is 6.04 Å². The Bertz CT molecular complexity index is 219. The molecule has 2 amide bonds. The van der Waals surface area contributed by atoms with Gasteiger partial charge in [-0.3, -0.25) is 9.59 Å². The Labute approximate surface area is 89.5 Å². The fourth-order valence-corrected chi connectivity index (χ4v) is 0.927. The fraction of sp³-hybridized carbons (Fsp3) is 0.778. The first-order valence-electron chi connectivity index (χ1n) is 4.79. The lowest BCUT2D eigenvalue weighted by Gasteiger charge is -2.12. The van der Waals surface area contributed by atoms with E-state index in [9.17, 15) is 9.59 Å². The molecule has 4 N–H and O–H groups in total. The fourth-order valence-electron chi connectivity index (χ4n) is 0.927. The zero-order chi connectivity index (χ0) is 11.8. The lowest BCUT2D eigenvalue weighted by atomic mass is 10.3. The number of hydrogen-bond donors (Lipinski definition) is 3. The first kappa shape index (κ1) is 13.9. The topological polar surface area (TPSA) is 93.4 Å². The summed E-state index contributed by atoms with van der Waals surface area (Å²) >= 11 is 0. The van der Waals surface area contributed by atoms with E-state index in [4.69, 9.17) is 10.5 Å². The largest absolute Gasteiger partial charge is 0.383 e. The highest BCUT2D eigenvalue weighted by Crippen LogP contribution is 1.81. The zero-order valence-corrected chi connectivity index (χ0v) is 9.37. The summed E-state index contributed by atoms with van der Waals surface area (Å²) in [7, 11) is 1.46. The molecule has 0 heterocycles. The van der Waals surface area contributed by atoms with E-state index in [0.717, 1.165) is 0 Å². The third-order valence-electron chi connectivity index (χ3n) is 1.56. The Hall–Kier alpha value is -1.14. The number of rotatable bonds is 6. The van der Waals surface area contributed by atoms with E-state index in [-0.39, 0.29) is 25.1 Å². The molecule has 0 bridgehead atoms. The highest BCUT2D eigenvalue weighted by Gasteiger charge is 2.13. The molecule has 0 aromatic carbocycles. The molecule has 0 aromatic rings. The van der Waals surface area contributed by atoms with Crippen LogP contribution in [-0.2, 0) is 14.3 Å². The predicted octanol–water partition coefficient (Wildman–Crippen LogP) is -1.40. The Balaban J connectivity index is 3.75. The molecule has 0 aliphatic carbocycles. The van der Waals surface area contributed by atoms with Crippen molar-refractivity contribution in [3.63, 3.8) is 0 Å². The number of nitrogens with one attached hydrogen (secondary N) is 2. The van der Waals surface area contributed by atoms with Crippen molar-refractivity contribution in [2.75, 3.05) is 20.3 Å². The second-order valence-corrected chi connectivity index (χ2v) is 3.50. The summed E-state index contributed by atoms with van der Waals surface area (Å²) in [6.07, 6.45) is 0. The number of carbonyl (C=O) groups is 2. The van der Waals surface area contributed by atoms with Gasteiger partial charge in [0, 0.05) is 13.2 Å². The van der Waals surface area contributed by atoms with Crippen molar-refractivity contribution in [3.05, 3.63) is 0 Å². The van der Waals surface area contributed by atoms with Crippen molar-refractivity contribution >= 4 is 11.8 Å². The Morgan fingerprint density at radius 2 is 2.00 bits per heavy atom. The van der Waals surface area contributed by atoms with Crippen molar-refractivity contribution in [2.24, 2.45) is 5.73 Å². The molecule has 0 spiro atoms. The van der Waals surface area contributed by atoms with E-state index < -0.39 is 11.9 Å². The maximum absolute atomic E-state index is 11.2. The van der Waals surface area contributed by atoms with Crippen molar-refractivity contribution in [1.82, 2.24) is 10.6 Å². The van der Waals surface area contributed by atoms with E-state index in [1.165, 1.54) is 7.11 Å². The summed E-state index contributed by atoms with van der Waals surface area (Å²) in [6, 6.07) is -0.677. The van der Waals surface area contributed by atoms with Crippen LogP contribution in [0.2, 0.25) is 0 Å². The van der Waals surface area contributed by atoms with Gasteiger partial charge in [-0.2, -0.15) is 0 Å². The molecule has 0 aliphatic heterocycles. The molecule has 15 heavy (non-hydrogen) atoms. The molecule has 88 valence electrons. The molecule has 6 nitrogen and oxygen atoms in total. The van der Waals surface area contributed by atoms with Gasteiger partial charge in [-0.05, 0) is 13.8 Å². The number of hydrogen-bond acceptors (Lipinski definition) is 4. The normalized spacial score (nSPS) is 12.3. The molecular formula is C9H19N3O3. The van der Waals surface area contributed by atoms with Crippen molar-refractivity contribution in [2.45, 2.75) is 25.9 Å². The minimum atomic E-state index is -0.734. The van der Waals surface area contributed by atoms with Crippen LogP contribution in [0.4, 0.5) is 0 Å². The van der Waals surface area contributed by atoms with Gasteiger partial charge in [0.2, 0.25) is 11.8 Å². The Morgan fingerprint density at radius 3 is 2.47 bits per heavy atom. The molecule has 0 rings (SSSR count). The molecule has 0 radical (unpaired) electrons. The monoisotopic (exact) mass is 217 g/mol. The predicted molar refractivity (Wildman–Crippen MR) is 56.1 cm³/mol. The number of ether oxygens (including phenoxy) is 1. The number of nitrogens with two attached hydrogens (primary N) is 1.